The Morgan fingerprint density at radius 3 is 2.20 bits per heavy atom. The van der Waals surface area contributed by atoms with Crippen molar-refractivity contribution in [3.63, 3.8) is 0 Å². The predicted molar refractivity (Wildman–Crippen MR) is 85.6 cm³/mol. The first kappa shape index (κ1) is 17.2. The van der Waals surface area contributed by atoms with Crippen molar-refractivity contribution in [3.05, 3.63) is 35.4 Å². The summed E-state index contributed by atoms with van der Waals surface area (Å²) in [5, 5.41) is 0. The molecule has 2 unspecified atom stereocenters. The number of likely N-dealkylation sites (N-methyl/N-ethyl adjacent to an activating group) is 1. The van der Waals surface area contributed by atoms with Crippen molar-refractivity contribution in [2.24, 2.45) is 11.7 Å². The molecule has 0 radical (unpaired) electrons. The summed E-state index contributed by atoms with van der Waals surface area (Å²) in [5.41, 5.74) is 8.49. The van der Waals surface area contributed by atoms with E-state index in [1.54, 1.807) is 7.11 Å². The van der Waals surface area contributed by atoms with Gasteiger partial charge in [0.05, 0.1) is 6.61 Å². The topological polar surface area (TPSA) is 38.5 Å². The van der Waals surface area contributed by atoms with Crippen molar-refractivity contribution < 1.29 is 4.74 Å². The smallest absolute Gasteiger partial charge is 0.0713 e. The lowest BCUT2D eigenvalue weighted by atomic mass is 9.99. The number of hydrogen-bond donors (Lipinski definition) is 1. The van der Waals surface area contributed by atoms with Gasteiger partial charge < -0.3 is 10.5 Å². The van der Waals surface area contributed by atoms with Crippen LogP contribution < -0.4 is 5.73 Å². The van der Waals surface area contributed by atoms with Gasteiger partial charge in [-0.25, -0.2) is 0 Å². The van der Waals surface area contributed by atoms with Gasteiger partial charge in [0.2, 0.25) is 0 Å². The van der Waals surface area contributed by atoms with Crippen LogP contribution in [0.3, 0.4) is 0 Å². The number of ether oxygens (including phenoxy) is 1. The minimum Gasteiger partial charge on any atom is -0.380 e. The Hall–Kier alpha value is -0.900. The highest BCUT2D eigenvalue weighted by molar-refractivity contribution is 5.25. The van der Waals surface area contributed by atoms with Crippen LogP contribution >= 0.6 is 0 Å². The fourth-order valence-electron chi connectivity index (χ4n) is 2.70. The summed E-state index contributed by atoms with van der Waals surface area (Å²) in [6.45, 7) is 8.11. The zero-order valence-electron chi connectivity index (χ0n) is 13.6. The third-order valence-electron chi connectivity index (χ3n) is 3.90. The molecule has 0 amide bonds. The molecule has 2 N–H and O–H groups in total. The Bertz CT molecular complexity index is 375. The monoisotopic (exact) mass is 278 g/mol. The van der Waals surface area contributed by atoms with E-state index in [9.17, 15) is 0 Å². The summed E-state index contributed by atoms with van der Waals surface area (Å²) >= 11 is 0. The number of methoxy groups -OCH3 is 1. The molecule has 1 aromatic rings. The molecule has 0 aromatic heterocycles. The van der Waals surface area contributed by atoms with Gasteiger partial charge in [-0.2, -0.15) is 0 Å². The number of nitrogens with zero attached hydrogens (tertiary/aromatic N) is 1. The minimum absolute atomic E-state index is 0.278. The van der Waals surface area contributed by atoms with Crippen LogP contribution in [0.1, 0.15) is 44.4 Å². The van der Waals surface area contributed by atoms with E-state index in [0.29, 0.717) is 25.1 Å². The fourth-order valence-corrected chi connectivity index (χ4v) is 2.70. The lowest BCUT2D eigenvalue weighted by Crippen LogP contribution is -2.37. The van der Waals surface area contributed by atoms with Gasteiger partial charge in [-0.1, -0.05) is 38.1 Å². The largest absolute Gasteiger partial charge is 0.380 e. The molecule has 0 spiro atoms. The van der Waals surface area contributed by atoms with E-state index < -0.39 is 0 Å². The molecule has 3 heteroatoms. The van der Waals surface area contributed by atoms with E-state index in [-0.39, 0.29) is 6.04 Å². The van der Waals surface area contributed by atoms with Crippen molar-refractivity contribution in [2.45, 2.75) is 45.9 Å². The van der Waals surface area contributed by atoms with Crippen LogP contribution in [0.5, 0.6) is 0 Å². The molecule has 2 atom stereocenters. The Morgan fingerprint density at radius 1 is 1.15 bits per heavy atom. The molecule has 0 saturated heterocycles. The first-order valence-corrected chi connectivity index (χ1v) is 7.49. The van der Waals surface area contributed by atoms with Gasteiger partial charge in [0.25, 0.3) is 0 Å². The molecule has 0 bridgehead atoms. The minimum atomic E-state index is 0.278. The molecule has 114 valence electrons. The quantitative estimate of drug-likeness (QED) is 0.793. The van der Waals surface area contributed by atoms with Crippen LogP contribution in [0.2, 0.25) is 0 Å². The van der Waals surface area contributed by atoms with Crippen LogP contribution in [0.25, 0.3) is 0 Å². The summed E-state index contributed by atoms with van der Waals surface area (Å²) in [6, 6.07) is 9.40. The Balaban J connectivity index is 2.78. The van der Waals surface area contributed by atoms with Gasteiger partial charge >= 0.3 is 0 Å². The second-order valence-electron chi connectivity index (χ2n) is 6.07. The van der Waals surface area contributed by atoms with Crippen molar-refractivity contribution in [2.75, 3.05) is 20.7 Å². The van der Waals surface area contributed by atoms with E-state index in [2.05, 4.69) is 57.0 Å². The summed E-state index contributed by atoms with van der Waals surface area (Å²) in [6.07, 6.45) is 1.19. The molecule has 0 aliphatic heterocycles. The van der Waals surface area contributed by atoms with E-state index in [0.717, 1.165) is 0 Å². The number of rotatable bonds is 8. The first-order chi connectivity index (χ1) is 9.49. The number of nitrogens with two attached hydrogens (primary N) is 1. The number of benzene rings is 1. The van der Waals surface area contributed by atoms with Crippen molar-refractivity contribution in [1.82, 2.24) is 4.90 Å². The van der Waals surface area contributed by atoms with Crippen LogP contribution in [-0.4, -0.2) is 31.6 Å². The summed E-state index contributed by atoms with van der Waals surface area (Å²) in [4.78, 5) is 2.39. The van der Waals surface area contributed by atoms with E-state index in [4.69, 9.17) is 10.5 Å². The van der Waals surface area contributed by atoms with Gasteiger partial charge in [0.1, 0.15) is 0 Å². The lowest BCUT2D eigenvalue weighted by molar-refractivity contribution is 0.168. The van der Waals surface area contributed by atoms with Crippen molar-refractivity contribution in [3.8, 4) is 0 Å². The third-order valence-corrected chi connectivity index (χ3v) is 3.90. The lowest BCUT2D eigenvalue weighted by Gasteiger charge is -2.33. The molecule has 0 aliphatic rings. The maximum Gasteiger partial charge on any atom is 0.0713 e. The molecule has 20 heavy (non-hydrogen) atoms. The summed E-state index contributed by atoms with van der Waals surface area (Å²) < 4.78 is 5.15. The van der Waals surface area contributed by atoms with Crippen LogP contribution in [0.15, 0.2) is 24.3 Å². The second-order valence-corrected chi connectivity index (χ2v) is 6.07. The molecule has 0 fully saturated rings. The summed E-state index contributed by atoms with van der Waals surface area (Å²) in [5.74, 6) is 0.704. The van der Waals surface area contributed by atoms with Crippen molar-refractivity contribution >= 4 is 0 Å². The first-order valence-electron chi connectivity index (χ1n) is 7.49. The van der Waals surface area contributed by atoms with E-state index in [1.165, 1.54) is 17.5 Å². The Labute approximate surface area is 124 Å². The summed E-state index contributed by atoms with van der Waals surface area (Å²) in [7, 11) is 3.89. The Morgan fingerprint density at radius 2 is 1.75 bits per heavy atom. The van der Waals surface area contributed by atoms with Crippen LogP contribution in [0.4, 0.5) is 0 Å². The molecule has 0 heterocycles. The zero-order valence-corrected chi connectivity index (χ0v) is 13.6. The van der Waals surface area contributed by atoms with Gasteiger partial charge in [0, 0.05) is 25.7 Å². The maximum atomic E-state index is 6.00. The molecular weight excluding hydrogens is 248 g/mol. The third kappa shape index (κ3) is 4.89. The van der Waals surface area contributed by atoms with Gasteiger partial charge in [-0.05, 0) is 37.4 Å². The molecule has 1 rings (SSSR count). The molecule has 0 saturated carbocycles. The van der Waals surface area contributed by atoms with Crippen molar-refractivity contribution in [1.29, 1.82) is 0 Å². The van der Waals surface area contributed by atoms with E-state index in [1.807, 2.05) is 0 Å². The SMILES string of the molecule is COCc1ccc(C(CN)N(C)C(C)CC(C)C)cc1. The maximum absolute atomic E-state index is 6.00. The van der Waals surface area contributed by atoms with E-state index >= 15 is 0 Å². The van der Waals surface area contributed by atoms with Gasteiger partial charge in [0.15, 0.2) is 0 Å². The van der Waals surface area contributed by atoms with Crippen LogP contribution in [-0.2, 0) is 11.3 Å². The predicted octanol–water partition coefficient (Wildman–Crippen LogP) is 3.20. The highest BCUT2D eigenvalue weighted by atomic mass is 16.5. The molecule has 3 nitrogen and oxygen atoms in total. The average molecular weight is 278 g/mol. The normalized spacial score (nSPS) is 14.8. The molecular formula is C17H30N2O. The number of hydrogen-bond acceptors (Lipinski definition) is 3. The zero-order chi connectivity index (χ0) is 15.1. The molecule has 0 aliphatic carbocycles. The average Bonchev–Trinajstić information content (AvgIpc) is 2.41. The fraction of sp³-hybridized carbons (Fsp3) is 0.647. The highest BCUT2D eigenvalue weighted by Gasteiger charge is 2.20. The molecule has 1 aromatic carbocycles. The highest BCUT2D eigenvalue weighted by Crippen LogP contribution is 2.23. The standard InChI is InChI=1S/C17H30N2O/c1-13(2)10-14(3)19(4)17(11-18)16-8-6-15(7-9-16)12-20-5/h6-9,13-14,17H,10-12,18H2,1-5H3. The van der Waals surface area contributed by atoms with Crippen LogP contribution in [0, 0.1) is 5.92 Å². The van der Waals surface area contributed by atoms with Gasteiger partial charge in [-0.15, -0.1) is 0 Å². The van der Waals surface area contributed by atoms with Gasteiger partial charge in [-0.3, -0.25) is 4.90 Å². The second kappa shape index (κ2) is 8.40. The Kier molecular flexibility index (Phi) is 7.20.